The summed E-state index contributed by atoms with van der Waals surface area (Å²) in [6, 6.07) is -0.262. The maximum atomic E-state index is 11.5. The van der Waals surface area contributed by atoms with E-state index in [9.17, 15) is 9.59 Å². The van der Waals surface area contributed by atoms with E-state index in [1.54, 1.807) is 6.92 Å². The second kappa shape index (κ2) is 7.24. The van der Waals surface area contributed by atoms with Gasteiger partial charge in [-0.2, -0.15) is 0 Å². The van der Waals surface area contributed by atoms with Crippen LogP contribution in [0.15, 0.2) is 0 Å². The summed E-state index contributed by atoms with van der Waals surface area (Å²) in [5.41, 5.74) is 0. The van der Waals surface area contributed by atoms with Gasteiger partial charge in [0.15, 0.2) is 0 Å². The number of amides is 2. The van der Waals surface area contributed by atoms with E-state index in [1.165, 1.54) is 25.7 Å². The lowest BCUT2D eigenvalue weighted by atomic mass is 9.83. The summed E-state index contributed by atoms with van der Waals surface area (Å²) < 4.78 is 0. The van der Waals surface area contributed by atoms with E-state index >= 15 is 0 Å². The summed E-state index contributed by atoms with van der Waals surface area (Å²) >= 11 is 0. The molecule has 0 aromatic carbocycles. The monoisotopic (exact) mass is 256 g/mol. The number of carbonyl (C=O) groups excluding carboxylic acids is 1. The molecule has 1 atom stereocenters. The number of rotatable bonds is 5. The van der Waals surface area contributed by atoms with E-state index in [4.69, 9.17) is 5.11 Å². The molecule has 2 amide bonds. The number of aliphatic carboxylic acids is 1. The number of urea groups is 1. The molecule has 18 heavy (non-hydrogen) atoms. The lowest BCUT2D eigenvalue weighted by Gasteiger charge is -2.26. The van der Waals surface area contributed by atoms with Gasteiger partial charge < -0.3 is 15.7 Å². The average Bonchev–Trinajstić information content (AvgIpc) is 2.35. The highest BCUT2D eigenvalue weighted by Crippen LogP contribution is 2.27. The van der Waals surface area contributed by atoms with Crippen molar-refractivity contribution in [2.45, 2.75) is 39.5 Å². The first-order valence-corrected chi connectivity index (χ1v) is 6.73. The van der Waals surface area contributed by atoms with Crippen LogP contribution in [0.3, 0.4) is 0 Å². The van der Waals surface area contributed by atoms with E-state index in [0.717, 1.165) is 5.92 Å². The molecule has 104 valence electrons. The summed E-state index contributed by atoms with van der Waals surface area (Å²) in [5.74, 6) is -0.0572. The Hall–Kier alpha value is -1.26. The molecule has 1 fully saturated rings. The lowest BCUT2D eigenvalue weighted by Crippen LogP contribution is -2.41. The molecule has 0 radical (unpaired) electrons. The molecule has 3 N–H and O–H groups in total. The zero-order chi connectivity index (χ0) is 13.5. The Bertz CT molecular complexity index is 286. The van der Waals surface area contributed by atoms with Gasteiger partial charge in [0.1, 0.15) is 0 Å². The molecule has 0 aromatic heterocycles. The molecule has 1 aliphatic carbocycles. The van der Waals surface area contributed by atoms with Gasteiger partial charge in [-0.3, -0.25) is 4.79 Å². The molecule has 1 aliphatic rings. The quantitative estimate of drug-likeness (QED) is 0.702. The number of carboxylic acids is 1. The van der Waals surface area contributed by atoms with Crippen molar-refractivity contribution >= 4 is 12.0 Å². The molecule has 1 unspecified atom stereocenters. The SMILES string of the molecule is CC1CCC(CNC(=O)NCC(C)C(=O)O)CC1. The Morgan fingerprint density at radius 3 is 2.39 bits per heavy atom. The van der Waals surface area contributed by atoms with Gasteiger partial charge in [0.25, 0.3) is 0 Å². The standard InChI is InChI=1S/C13H24N2O3/c1-9-3-5-11(6-4-9)8-15-13(18)14-7-10(2)12(16)17/h9-11H,3-8H2,1-2H3,(H,16,17)(H2,14,15,18). The third-order valence-corrected chi connectivity index (χ3v) is 3.68. The molecular formula is C13H24N2O3. The maximum absolute atomic E-state index is 11.5. The van der Waals surface area contributed by atoms with Crippen LogP contribution in [-0.2, 0) is 4.79 Å². The molecular weight excluding hydrogens is 232 g/mol. The summed E-state index contributed by atoms with van der Waals surface area (Å²) in [6.45, 7) is 4.71. The first-order valence-electron chi connectivity index (χ1n) is 6.73. The largest absolute Gasteiger partial charge is 0.481 e. The van der Waals surface area contributed by atoms with Gasteiger partial charge >= 0.3 is 12.0 Å². The van der Waals surface area contributed by atoms with Crippen molar-refractivity contribution < 1.29 is 14.7 Å². The van der Waals surface area contributed by atoms with Crippen LogP contribution >= 0.6 is 0 Å². The van der Waals surface area contributed by atoms with E-state index < -0.39 is 11.9 Å². The van der Waals surface area contributed by atoms with Crippen molar-refractivity contribution in [1.29, 1.82) is 0 Å². The maximum Gasteiger partial charge on any atom is 0.314 e. The molecule has 5 nitrogen and oxygen atoms in total. The average molecular weight is 256 g/mol. The summed E-state index contributed by atoms with van der Waals surface area (Å²) in [6.07, 6.45) is 4.83. The third-order valence-electron chi connectivity index (χ3n) is 3.68. The van der Waals surface area contributed by atoms with Gasteiger partial charge in [0.2, 0.25) is 0 Å². The topological polar surface area (TPSA) is 78.4 Å². The Morgan fingerprint density at radius 1 is 1.22 bits per heavy atom. The van der Waals surface area contributed by atoms with Crippen molar-refractivity contribution in [1.82, 2.24) is 10.6 Å². The van der Waals surface area contributed by atoms with Crippen molar-refractivity contribution in [3.8, 4) is 0 Å². The smallest absolute Gasteiger partial charge is 0.314 e. The second-order valence-corrected chi connectivity index (χ2v) is 5.46. The molecule has 0 aromatic rings. The van der Waals surface area contributed by atoms with Crippen LogP contribution in [0.1, 0.15) is 39.5 Å². The first kappa shape index (κ1) is 14.8. The van der Waals surface area contributed by atoms with Crippen LogP contribution in [0.25, 0.3) is 0 Å². The van der Waals surface area contributed by atoms with Gasteiger partial charge in [-0.15, -0.1) is 0 Å². The second-order valence-electron chi connectivity index (χ2n) is 5.46. The van der Waals surface area contributed by atoms with Gasteiger partial charge in [0, 0.05) is 13.1 Å². The minimum Gasteiger partial charge on any atom is -0.481 e. The summed E-state index contributed by atoms with van der Waals surface area (Å²) in [4.78, 5) is 22.0. The number of nitrogens with one attached hydrogen (secondary N) is 2. The van der Waals surface area contributed by atoms with E-state index in [0.29, 0.717) is 12.5 Å². The fourth-order valence-corrected chi connectivity index (χ4v) is 2.17. The number of carboxylic acid groups (broad SMARTS) is 1. The molecule has 5 heteroatoms. The molecule has 1 rings (SSSR count). The zero-order valence-electron chi connectivity index (χ0n) is 11.2. The Labute approximate surface area is 108 Å². The lowest BCUT2D eigenvalue weighted by molar-refractivity contribution is -0.140. The molecule has 0 bridgehead atoms. The molecule has 0 aliphatic heterocycles. The number of carbonyl (C=O) groups is 2. The predicted molar refractivity (Wildman–Crippen MR) is 69.3 cm³/mol. The Morgan fingerprint density at radius 2 is 1.83 bits per heavy atom. The van der Waals surface area contributed by atoms with Crippen LogP contribution < -0.4 is 10.6 Å². The Kier molecular flexibility index (Phi) is 5.95. The Balaban J connectivity index is 2.11. The van der Waals surface area contributed by atoms with Crippen LogP contribution in [0, 0.1) is 17.8 Å². The third kappa shape index (κ3) is 5.38. The molecule has 1 saturated carbocycles. The fourth-order valence-electron chi connectivity index (χ4n) is 2.17. The van der Waals surface area contributed by atoms with Crippen LogP contribution in [0.5, 0.6) is 0 Å². The van der Waals surface area contributed by atoms with Crippen molar-refractivity contribution in [2.75, 3.05) is 13.1 Å². The van der Waals surface area contributed by atoms with Crippen LogP contribution in [-0.4, -0.2) is 30.2 Å². The highest BCUT2D eigenvalue weighted by Gasteiger charge is 2.18. The minimum atomic E-state index is -0.892. The van der Waals surface area contributed by atoms with Gasteiger partial charge in [-0.25, -0.2) is 4.79 Å². The van der Waals surface area contributed by atoms with Crippen molar-refractivity contribution in [3.63, 3.8) is 0 Å². The zero-order valence-corrected chi connectivity index (χ0v) is 11.2. The number of hydrogen-bond donors (Lipinski definition) is 3. The minimum absolute atomic E-state index is 0.170. The highest BCUT2D eigenvalue weighted by atomic mass is 16.4. The summed E-state index contributed by atoms with van der Waals surface area (Å²) in [5, 5.41) is 14.1. The molecule has 0 saturated heterocycles. The summed E-state index contributed by atoms with van der Waals surface area (Å²) in [7, 11) is 0. The van der Waals surface area contributed by atoms with Crippen molar-refractivity contribution in [3.05, 3.63) is 0 Å². The van der Waals surface area contributed by atoms with Crippen LogP contribution in [0.2, 0.25) is 0 Å². The predicted octanol–water partition coefficient (Wildman–Crippen LogP) is 1.83. The highest BCUT2D eigenvalue weighted by molar-refractivity contribution is 5.75. The normalized spacial score (nSPS) is 25.2. The van der Waals surface area contributed by atoms with E-state index in [1.807, 2.05) is 0 Å². The van der Waals surface area contributed by atoms with Gasteiger partial charge in [0.05, 0.1) is 5.92 Å². The van der Waals surface area contributed by atoms with E-state index in [-0.39, 0.29) is 12.6 Å². The molecule has 0 spiro atoms. The van der Waals surface area contributed by atoms with Gasteiger partial charge in [-0.05, 0) is 24.7 Å². The van der Waals surface area contributed by atoms with Crippen LogP contribution in [0.4, 0.5) is 4.79 Å². The van der Waals surface area contributed by atoms with Gasteiger partial charge in [-0.1, -0.05) is 26.7 Å². The molecule has 0 heterocycles. The fraction of sp³-hybridized carbons (Fsp3) is 0.846. The number of hydrogen-bond acceptors (Lipinski definition) is 2. The van der Waals surface area contributed by atoms with E-state index in [2.05, 4.69) is 17.6 Å². The first-order chi connectivity index (χ1) is 8.49. The van der Waals surface area contributed by atoms with Crippen molar-refractivity contribution in [2.24, 2.45) is 17.8 Å².